The van der Waals surface area contributed by atoms with Crippen molar-refractivity contribution in [3.8, 4) is 0 Å². The van der Waals surface area contributed by atoms with Crippen LogP contribution >= 0.6 is 0 Å². The normalized spacial score (nSPS) is 9.95. The van der Waals surface area contributed by atoms with Crippen LogP contribution in [0.15, 0.2) is 24.5 Å². The van der Waals surface area contributed by atoms with Gasteiger partial charge < -0.3 is 9.90 Å². The number of carboxylic acid groups (broad SMARTS) is 1. The van der Waals surface area contributed by atoms with Gasteiger partial charge in [-0.1, -0.05) is 51.9 Å². The van der Waals surface area contributed by atoms with Crippen LogP contribution in [0.5, 0.6) is 0 Å². The van der Waals surface area contributed by atoms with E-state index in [4.69, 9.17) is 9.90 Å². The smallest absolute Gasteiger partial charge is 0.171 e. The largest absolute Gasteiger partial charge is 0.550 e. The quantitative estimate of drug-likeness (QED) is 0.490. The number of carbonyl (C=O) groups excluding carboxylic acids is 1. The van der Waals surface area contributed by atoms with E-state index < -0.39 is 5.97 Å². The molecule has 1 rings (SSSR count). The molecule has 0 saturated carbocycles. The number of carboxylic acids is 1. The van der Waals surface area contributed by atoms with Gasteiger partial charge in [0, 0.05) is 24.0 Å². The highest BCUT2D eigenvalue weighted by molar-refractivity contribution is 5.60. The standard InChI is InChI=1S/C17H30N.C2H4O2/c1-3-4-5-6-7-8-9-10-11-14-18-15-12-13-17(2)16-18;1-2(3)4/h12-13,15-16H,3-11,14H2,1-2H3;1H3,(H,3,4)/q+1;/p-1. The fourth-order valence-electron chi connectivity index (χ4n) is 2.40. The number of rotatable bonds is 10. The first-order chi connectivity index (χ1) is 10.6. The summed E-state index contributed by atoms with van der Waals surface area (Å²) in [5.74, 6) is -1.08. The maximum absolute atomic E-state index is 8.89. The van der Waals surface area contributed by atoms with Crippen LogP contribution in [-0.2, 0) is 11.3 Å². The number of carbonyl (C=O) groups is 1. The van der Waals surface area contributed by atoms with Gasteiger partial charge in [0.15, 0.2) is 12.4 Å². The third-order valence-corrected chi connectivity index (χ3v) is 3.53. The minimum absolute atomic E-state index is 0.972. The highest BCUT2D eigenvalue weighted by atomic mass is 16.4. The minimum atomic E-state index is -1.08. The molecule has 0 aliphatic rings. The average Bonchev–Trinajstić information content (AvgIpc) is 2.45. The molecule has 22 heavy (non-hydrogen) atoms. The Kier molecular flexibility index (Phi) is 13.6. The number of hydrogen-bond acceptors (Lipinski definition) is 2. The molecule has 3 heteroatoms. The summed E-state index contributed by atoms with van der Waals surface area (Å²) in [5, 5.41) is 8.89. The predicted octanol–water partition coefficient (Wildman–Crippen LogP) is 3.57. The number of nitrogens with zero attached hydrogens (tertiary/aromatic N) is 1. The molecule has 0 unspecified atom stereocenters. The second-order valence-electron chi connectivity index (χ2n) is 5.94. The first-order valence-corrected chi connectivity index (χ1v) is 8.69. The Morgan fingerprint density at radius 2 is 1.55 bits per heavy atom. The molecule has 0 N–H and O–H groups in total. The molecule has 0 aliphatic heterocycles. The average molecular weight is 307 g/mol. The molecule has 0 aliphatic carbocycles. The molecule has 1 heterocycles. The van der Waals surface area contributed by atoms with Crippen molar-refractivity contribution >= 4 is 5.97 Å². The molecule has 0 atom stereocenters. The van der Waals surface area contributed by atoms with Crippen LogP contribution in [0.4, 0.5) is 0 Å². The number of aromatic nitrogens is 1. The summed E-state index contributed by atoms with van der Waals surface area (Å²) >= 11 is 0. The molecular weight excluding hydrogens is 274 g/mol. The van der Waals surface area contributed by atoms with Gasteiger partial charge in [-0.05, 0) is 26.3 Å². The number of aliphatic carboxylic acids is 1. The van der Waals surface area contributed by atoms with E-state index in [2.05, 4.69) is 42.9 Å². The van der Waals surface area contributed by atoms with E-state index in [0.29, 0.717) is 0 Å². The first kappa shape index (κ1) is 20.6. The maximum atomic E-state index is 8.89. The third-order valence-electron chi connectivity index (χ3n) is 3.53. The number of aryl methyl sites for hydroxylation is 2. The molecule has 0 bridgehead atoms. The van der Waals surface area contributed by atoms with Gasteiger partial charge in [-0.3, -0.25) is 0 Å². The molecule has 1 aromatic heterocycles. The summed E-state index contributed by atoms with van der Waals surface area (Å²) in [6.07, 6.45) is 17.1. The van der Waals surface area contributed by atoms with Crippen LogP contribution in [0.3, 0.4) is 0 Å². The Morgan fingerprint density at radius 3 is 2.05 bits per heavy atom. The molecule has 0 amide bonds. The Hall–Kier alpha value is -1.38. The molecule has 0 radical (unpaired) electrons. The second-order valence-corrected chi connectivity index (χ2v) is 5.94. The van der Waals surface area contributed by atoms with Crippen molar-refractivity contribution in [2.45, 2.75) is 85.1 Å². The van der Waals surface area contributed by atoms with Crippen LogP contribution in [0.1, 0.15) is 77.2 Å². The topological polar surface area (TPSA) is 44.0 Å². The van der Waals surface area contributed by atoms with Crippen molar-refractivity contribution in [1.82, 2.24) is 0 Å². The summed E-state index contributed by atoms with van der Waals surface area (Å²) in [7, 11) is 0. The molecule has 126 valence electrons. The molecule has 0 saturated heterocycles. The van der Waals surface area contributed by atoms with Crippen molar-refractivity contribution in [3.63, 3.8) is 0 Å². The van der Waals surface area contributed by atoms with E-state index in [1.165, 1.54) is 69.9 Å². The summed E-state index contributed by atoms with van der Waals surface area (Å²) < 4.78 is 2.32. The number of hydrogen-bond donors (Lipinski definition) is 0. The zero-order chi connectivity index (χ0) is 16.6. The Morgan fingerprint density at radius 1 is 1.05 bits per heavy atom. The van der Waals surface area contributed by atoms with E-state index in [1.54, 1.807) is 0 Å². The molecule has 3 nitrogen and oxygen atoms in total. The van der Waals surface area contributed by atoms with Gasteiger partial charge in [0.2, 0.25) is 0 Å². The Labute approximate surface area is 136 Å². The highest BCUT2D eigenvalue weighted by Gasteiger charge is 1.99. The molecular formula is C19H33NO2. The Bertz CT molecular complexity index is 387. The van der Waals surface area contributed by atoms with Crippen molar-refractivity contribution in [2.24, 2.45) is 0 Å². The van der Waals surface area contributed by atoms with Crippen LogP contribution < -0.4 is 9.67 Å². The lowest BCUT2D eigenvalue weighted by atomic mass is 10.1. The molecule has 0 fully saturated rings. The van der Waals surface area contributed by atoms with E-state index in [-0.39, 0.29) is 0 Å². The van der Waals surface area contributed by atoms with E-state index in [9.17, 15) is 0 Å². The van der Waals surface area contributed by atoms with Gasteiger partial charge >= 0.3 is 0 Å². The predicted molar refractivity (Wildman–Crippen MR) is 89.3 cm³/mol. The Balaban J connectivity index is 0.000000980. The number of pyridine rings is 1. The monoisotopic (exact) mass is 307 g/mol. The lowest BCUT2D eigenvalue weighted by Gasteiger charge is -2.01. The molecule has 0 aromatic carbocycles. The lowest BCUT2D eigenvalue weighted by Crippen LogP contribution is -2.32. The van der Waals surface area contributed by atoms with Gasteiger partial charge in [-0.25, -0.2) is 4.57 Å². The van der Waals surface area contributed by atoms with E-state index in [0.717, 1.165) is 6.92 Å². The van der Waals surface area contributed by atoms with E-state index in [1.807, 2.05) is 0 Å². The number of unbranched alkanes of at least 4 members (excludes halogenated alkanes) is 8. The fourth-order valence-corrected chi connectivity index (χ4v) is 2.40. The molecule has 1 aromatic rings. The van der Waals surface area contributed by atoms with Gasteiger partial charge in [-0.15, -0.1) is 0 Å². The van der Waals surface area contributed by atoms with Gasteiger partial charge in [0.25, 0.3) is 0 Å². The van der Waals surface area contributed by atoms with Crippen LogP contribution in [0.25, 0.3) is 0 Å². The van der Waals surface area contributed by atoms with Crippen molar-refractivity contribution in [2.75, 3.05) is 0 Å². The summed E-state index contributed by atoms with van der Waals surface area (Å²) in [6.45, 7) is 6.59. The van der Waals surface area contributed by atoms with E-state index >= 15 is 0 Å². The summed E-state index contributed by atoms with van der Waals surface area (Å²) in [5.41, 5.74) is 1.36. The van der Waals surface area contributed by atoms with Crippen molar-refractivity contribution in [1.29, 1.82) is 0 Å². The van der Waals surface area contributed by atoms with Gasteiger partial charge in [0.1, 0.15) is 6.54 Å². The second kappa shape index (κ2) is 14.6. The van der Waals surface area contributed by atoms with Crippen LogP contribution in [0, 0.1) is 6.92 Å². The first-order valence-electron chi connectivity index (χ1n) is 8.69. The zero-order valence-corrected chi connectivity index (χ0v) is 14.6. The molecule has 0 spiro atoms. The lowest BCUT2D eigenvalue weighted by molar-refractivity contribution is -0.697. The van der Waals surface area contributed by atoms with Crippen molar-refractivity contribution in [3.05, 3.63) is 30.1 Å². The SMILES string of the molecule is CC(=O)[O-].CCCCCCCCCCC[n+]1cccc(C)c1. The summed E-state index contributed by atoms with van der Waals surface area (Å²) in [4.78, 5) is 8.89. The highest BCUT2D eigenvalue weighted by Crippen LogP contribution is 2.09. The van der Waals surface area contributed by atoms with Crippen molar-refractivity contribution < 1.29 is 14.5 Å². The maximum Gasteiger partial charge on any atom is 0.171 e. The van der Waals surface area contributed by atoms with Gasteiger partial charge in [-0.2, -0.15) is 0 Å². The van der Waals surface area contributed by atoms with Crippen LogP contribution in [0.2, 0.25) is 0 Å². The summed E-state index contributed by atoms with van der Waals surface area (Å²) in [6, 6.07) is 4.30. The third kappa shape index (κ3) is 15.0. The zero-order valence-electron chi connectivity index (χ0n) is 14.6. The minimum Gasteiger partial charge on any atom is -0.550 e. The van der Waals surface area contributed by atoms with Crippen LogP contribution in [-0.4, -0.2) is 5.97 Å². The fraction of sp³-hybridized carbons (Fsp3) is 0.684. The van der Waals surface area contributed by atoms with Gasteiger partial charge in [0.05, 0.1) is 0 Å².